The number of hydrogen-bond donors (Lipinski definition) is 1. The number of methoxy groups -OCH3 is 3. The summed E-state index contributed by atoms with van der Waals surface area (Å²) in [4.78, 5) is 11.6. The lowest BCUT2D eigenvalue weighted by Crippen LogP contribution is -2.16. The number of esters is 1. The largest absolute Gasteiger partial charge is 0.492 e. The van der Waals surface area contributed by atoms with Crippen LogP contribution >= 0.6 is 11.6 Å². The molecule has 1 unspecified atom stereocenters. The standard InChI is InChI=1S/C14H19ClO5/c1-7(2)10-8(11(16)14(17)20-5)6-9(15)12(18-3)13(10)19-4/h6-7,11,16H,1-5H3. The zero-order chi connectivity index (χ0) is 15.4. The Labute approximate surface area is 123 Å². The molecule has 0 bridgehead atoms. The number of benzene rings is 1. The minimum atomic E-state index is -1.42. The summed E-state index contributed by atoms with van der Waals surface area (Å²) in [7, 11) is 4.17. The van der Waals surface area contributed by atoms with E-state index in [0.717, 1.165) is 0 Å². The molecule has 6 heteroatoms. The number of carbonyl (C=O) groups is 1. The third kappa shape index (κ3) is 2.99. The van der Waals surface area contributed by atoms with Crippen LogP contribution in [0.2, 0.25) is 5.02 Å². The number of halogens is 1. The predicted octanol–water partition coefficient (Wildman–Crippen LogP) is 2.69. The van der Waals surface area contributed by atoms with Gasteiger partial charge in [-0.25, -0.2) is 4.79 Å². The first-order valence-electron chi connectivity index (χ1n) is 6.09. The first-order chi connectivity index (χ1) is 9.38. The van der Waals surface area contributed by atoms with Crippen LogP contribution in [0.15, 0.2) is 6.07 Å². The quantitative estimate of drug-likeness (QED) is 0.847. The van der Waals surface area contributed by atoms with Crippen LogP contribution in [0.3, 0.4) is 0 Å². The average Bonchev–Trinajstić information content (AvgIpc) is 2.43. The second kappa shape index (κ2) is 6.81. The van der Waals surface area contributed by atoms with Gasteiger partial charge in [0.2, 0.25) is 0 Å². The lowest BCUT2D eigenvalue weighted by molar-refractivity contribution is -0.150. The molecule has 0 aromatic heterocycles. The smallest absolute Gasteiger partial charge is 0.339 e. The molecule has 0 heterocycles. The highest BCUT2D eigenvalue weighted by Crippen LogP contribution is 2.45. The summed E-state index contributed by atoms with van der Waals surface area (Å²) < 4.78 is 15.1. The van der Waals surface area contributed by atoms with Gasteiger partial charge in [-0.15, -0.1) is 0 Å². The molecule has 0 saturated carbocycles. The summed E-state index contributed by atoms with van der Waals surface area (Å²) >= 11 is 6.11. The van der Waals surface area contributed by atoms with Crippen LogP contribution in [0.25, 0.3) is 0 Å². The highest BCUT2D eigenvalue weighted by molar-refractivity contribution is 6.32. The molecule has 0 spiro atoms. The van der Waals surface area contributed by atoms with E-state index in [1.807, 2.05) is 13.8 Å². The molecule has 112 valence electrons. The molecule has 0 aliphatic rings. The van der Waals surface area contributed by atoms with E-state index in [4.69, 9.17) is 21.1 Å². The van der Waals surface area contributed by atoms with Gasteiger partial charge in [0, 0.05) is 11.1 Å². The minimum Gasteiger partial charge on any atom is -0.492 e. The second-order valence-electron chi connectivity index (χ2n) is 4.51. The van der Waals surface area contributed by atoms with E-state index in [0.29, 0.717) is 22.6 Å². The highest BCUT2D eigenvalue weighted by atomic mass is 35.5. The second-order valence-corrected chi connectivity index (χ2v) is 4.92. The Morgan fingerprint density at radius 1 is 1.20 bits per heavy atom. The molecule has 0 amide bonds. The first kappa shape index (κ1) is 16.6. The SMILES string of the molecule is COC(=O)C(O)c1cc(Cl)c(OC)c(OC)c1C(C)C. The van der Waals surface area contributed by atoms with E-state index in [9.17, 15) is 9.90 Å². The topological polar surface area (TPSA) is 65.0 Å². The van der Waals surface area contributed by atoms with Crippen LogP contribution < -0.4 is 9.47 Å². The molecule has 5 nitrogen and oxygen atoms in total. The summed E-state index contributed by atoms with van der Waals surface area (Å²) in [5.74, 6) is 0.0206. The van der Waals surface area contributed by atoms with Crippen molar-refractivity contribution in [3.63, 3.8) is 0 Å². The molecule has 20 heavy (non-hydrogen) atoms. The Kier molecular flexibility index (Phi) is 5.65. The Morgan fingerprint density at radius 2 is 1.75 bits per heavy atom. The average molecular weight is 303 g/mol. The molecular weight excluding hydrogens is 284 g/mol. The number of rotatable bonds is 5. The summed E-state index contributed by atoms with van der Waals surface area (Å²) in [6.07, 6.45) is -1.42. The molecular formula is C14H19ClO5. The van der Waals surface area contributed by atoms with Crippen molar-refractivity contribution < 1.29 is 24.1 Å². The van der Waals surface area contributed by atoms with Crippen molar-refractivity contribution in [3.8, 4) is 11.5 Å². The molecule has 0 fully saturated rings. The molecule has 0 aliphatic heterocycles. The van der Waals surface area contributed by atoms with Crippen molar-refractivity contribution >= 4 is 17.6 Å². The molecule has 1 aromatic rings. The number of ether oxygens (including phenoxy) is 3. The molecule has 1 N–H and O–H groups in total. The number of aliphatic hydroxyl groups is 1. The molecule has 1 atom stereocenters. The first-order valence-corrected chi connectivity index (χ1v) is 6.46. The van der Waals surface area contributed by atoms with Crippen LogP contribution in [-0.2, 0) is 9.53 Å². The lowest BCUT2D eigenvalue weighted by atomic mass is 9.92. The number of carbonyl (C=O) groups excluding carboxylic acids is 1. The van der Waals surface area contributed by atoms with Gasteiger partial charge in [0.1, 0.15) is 0 Å². The van der Waals surface area contributed by atoms with Crippen molar-refractivity contribution in [1.82, 2.24) is 0 Å². The maximum absolute atomic E-state index is 11.6. The summed E-state index contributed by atoms with van der Waals surface area (Å²) in [6.45, 7) is 3.83. The van der Waals surface area contributed by atoms with Crippen molar-refractivity contribution in [2.24, 2.45) is 0 Å². The maximum Gasteiger partial charge on any atom is 0.339 e. The molecule has 0 aliphatic carbocycles. The summed E-state index contributed by atoms with van der Waals surface area (Å²) in [6, 6.07) is 1.50. The molecule has 0 saturated heterocycles. The number of hydrogen-bond acceptors (Lipinski definition) is 5. The third-order valence-corrected chi connectivity index (χ3v) is 3.25. The summed E-state index contributed by atoms with van der Waals surface area (Å²) in [5.41, 5.74) is 1.01. The van der Waals surface area contributed by atoms with Gasteiger partial charge >= 0.3 is 5.97 Å². The lowest BCUT2D eigenvalue weighted by Gasteiger charge is -2.22. The van der Waals surface area contributed by atoms with Gasteiger partial charge in [0.25, 0.3) is 0 Å². The van der Waals surface area contributed by atoms with Crippen LogP contribution in [0.5, 0.6) is 11.5 Å². The van der Waals surface area contributed by atoms with Gasteiger partial charge < -0.3 is 19.3 Å². The third-order valence-electron chi connectivity index (χ3n) is 2.97. The van der Waals surface area contributed by atoms with Gasteiger partial charge in [0.15, 0.2) is 17.6 Å². The molecule has 0 radical (unpaired) electrons. The number of aliphatic hydroxyl groups excluding tert-OH is 1. The Hall–Kier alpha value is -1.46. The maximum atomic E-state index is 11.6. The van der Waals surface area contributed by atoms with Gasteiger partial charge in [-0.2, -0.15) is 0 Å². The summed E-state index contributed by atoms with van der Waals surface area (Å²) in [5, 5.41) is 10.4. The van der Waals surface area contributed by atoms with Crippen molar-refractivity contribution in [2.75, 3.05) is 21.3 Å². The Balaban J connectivity index is 3.59. The fourth-order valence-corrected chi connectivity index (χ4v) is 2.38. The Morgan fingerprint density at radius 3 is 2.15 bits per heavy atom. The van der Waals surface area contributed by atoms with Crippen LogP contribution in [0.4, 0.5) is 0 Å². The zero-order valence-corrected chi connectivity index (χ0v) is 12.9. The normalized spacial score (nSPS) is 12.2. The van der Waals surface area contributed by atoms with Gasteiger partial charge in [-0.1, -0.05) is 25.4 Å². The fourth-order valence-electron chi connectivity index (χ4n) is 2.09. The van der Waals surface area contributed by atoms with Gasteiger partial charge in [0.05, 0.1) is 26.4 Å². The van der Waals surface area contributed by atoms with Crippen LogP contribution in [0.1, 0.15) is 37.0 Å². The molecule has 1 rings (SSSR count). The monoisotopic (exact) mass is 302 g/mol. The van der Waals surface area contributed by atoms with Gasteiger partial charge in [-0.05, 0) is 12.0 Å². The highest BCUT2D eigenvalue weighted by Gasteiger charge is 2.28. The van der Waals surface area contributed by atoms with Crippen molar-refractivity contribution in [1.29, 1.82) is 0 Å². The van der Waals surface area contributed by atoms with E-state index >= 15 is 0 Å². The van der Waals surface area contributed by atoms with Gasteiger partial charge in [-0.3, -0.25) is 0 Å². The van der Waals surface area contributed by atoms with E-state index < -0.39 is 12.1 Å². The van der Waals surface area contributed by atoms with Crippen molar-refractivity contribution in [2.45, 2.75) is 25.9 Å². The van der Waals surface area contributed by atoms with E-state index in [1.54, 1.807) is 0 Å². The van der Waals surface area contributed by atoms with E-state index in [1.165, 1.54) is 27.4 Å². The van der Waals surface area contributed by atoms with E-state index in [-0.39, 0.29) is 10.9 Å². The van der Waals surface area contributed by atoms with E-state index in [2.05, 4.69) is 4.74 Å². The predicted molar refractivity (Wildman–Crippen MR) is 75.6 cm³/mol. The zero-order valence-electron chi connectivity index (χ0n) is 12.2. The van der Waals surface area contributed by atoms with Crippen molar-refractivity contribution in [3.05, 3.63) is 22.2 Å². The van der Waals surface area contributed by atoms with Crippen LogP contribution in [-0.4, -0.2) is 32.4 Å². The fraction of sp³-hybridized carbons (Fsp3) is 0.500. The molecule has 1 aromatic carbocycles. The Bertz CT molecular complexity index is 499. The van der Waals surface area contributed by atoms with Crippen LogP contribution in [0, 0.1) is 0 Å². The minimum absolute atomic E-state index is 0.00887.